The third-order valence-corrected chi connectivity index (χ3v) is 6.32. The second-order valence-corrected chi connectivity index (χ2v) is 9.45. The summed E-state index contributed by atoms with van der Waals surface area (Å²) in [5, 5.41) is 6.54. The number of halogens is 2. The van der Waals surface area contributed by atoms with Gasteiger partial charge in [-0.1, -0.05) is 55.2 Å². The molecule has 0 bridgehead atoms. The van der Waals surface area contributed by atoms with E-state index in [9.17, 15) is 9.59 Å². The first kappa shape index (κ1) is 24.4. The lowest BCUT2D eigenvalue weighted by Crippen LogP contribution is -2.40. The molecular formula is C24H30Cl2N4O2. The van der Waals surface area contributed by atoms with Crippen LogP contribution in [0.2, 0.25) is 10.0 Å². The molecule has 2 aromatic rings. The summed E-state index contributed by atoms with van der Waals surface area (Å²) >= 11 is 12.3. The Morgan fingerprint density at radius 2 is 1.62 bits per heavy atom. The molecule has 0 radical (unpaired) electrons. The van der Waals surface area contributed by atoms with Crippen molar-refractivity contribution in [2.45, 2.75) is 45.1 Å². The van der Waals surface area contributed by atoms with Crippen LogP contribution in [0.15, 0.2) is 42.5 Å². The summed E-state index contributed by atoms with van der Waals surface area (Å²) in [6.45, 7) is 5.37. The number of para-hydroxylation sites is 1. The summed E-state index contributed by atoms with van der Waals surface area (Å²) in [4.78, 5) is 26.6. The molecule has 172 valence electrons. The average molecular weight is 477 g/mol. The summed E-state index contributed by atoms with van der Waals surface area (Å²) in [6.07, 6.45) is 2.36. The van der Waals surface area contributed by atoms with Gasteiger partial charge in [-0.25, -0.2) is 4.79 Å². The van der Waals surface area contributed by atoms with Crippen molar-refractivity contribution in [3.63, 3.8) is 0 Å². The lowest BCUT2D eigenvalue weighted by Gasteiger charge is -2.32. The lowest BCUT2D eigenvalue weighted by atomic mass is 9.89. The van der Waals surface area contributed by atoms with Gasteiger partial charge in [-0.2, -0.15) is 0 Å². The molecule has 1 heterocycles. The van der Waals surface area contributed by atoms with Crippen molar-refractivity contribution in [3.05, 3.63) is 58.1 Å². The fourth-order valence-electron chi connectivity index (χ4n) is 3.91. The van der Waals surface area contributed by atoms with Gasteiger partial charge in [0, 0.05) is 18.8 Å². The smallest absolute Gasteiger partial charge is 0.321 e. The van der Waals surface area contributed by atoms with Gasteiger partial charge < -0.3 is 21.3 Å². The lowest BCUT2D eigenvalue weighted by molar-refractivity contribution is -0.117. The van der Waals surface area contributed by atoms with Crippen molar-refractivity contribution in [2.75, 3.05) is 23.7 Å². The Bertz CT molecular complexity index is 921. The van der Waals surface area contributed by atoms with Gasteiger partial charge in [0.25, 0.3) is 0 Å². The molecule has 8 heteroatoms. The summed E-state index contributed by atoms with van der Waals surface area (Å²) in [5.41, 5.74) is 8.33. The monoisotopic (exact) mass is 476 g/mol. The predicted octanol–water partition coefficient (Wildman–Crippen LogP) is 5.72. The molecule has 0 spiro atoms. The number of nitrogens with two attached hydrogens (primary N) is 1. The Kier molecular flexibility index (Phi) is 8.40. The standard InChI is InChI=1S/C24H30Cl2N4O2/c1-15(2)14-21(27)23(31)28-18-8-6-16(7-9-18)17-10-12-30(13-11-17)24(32)29-22-19(25)4-3-5-20(22)26/h3-9,15,17,21H,10-14,27H2,1-2H3,(H,28,31)(H,29,32). The number of anilines is 2. The average Bonchev–Trinajstić information content (AvgIpc) is 2.76. The number of piperidine rings is 1. The van der Waals surface area contributed by atoms with Gasteiger partial charge in [0.1, 0.15) is 0 Å². The third kappa shape index (κ3) is 6.37. The second-order valence-electron chi connectivity index (χ2n) is 8.64. The number of benzene rings is 2. The minimum Gasteiger partial charge on any atom is -0.325 e. The molecule has 1 fully saturated rings. The van der Waals surface area contributed by atoms with Gasteiger partial charge in [-0.3, -0.25) is 4.79 Å². The fraction of sp³-hybridized carbons (Fsp3) is 0.417. The minimum absolute atomic E-state index is 0.163. The van der Waals surface area contributed by atoms with E-state index in [2.05, 4.69) is 10.6 Å². The van der Waals surface area contributed by atoms with E-state index in [0.717, 1.165) is 18.5 Å². The zero-order valence-corrected chi connectivity index (χ0v) is 19.9. The highest BCUT2D eigenvalue weighted by Crippen LogP contribution is 2.32. The van der Waals surface area contributed by atoms with E-state index in [0.29, 0.717) is 47.1 Å². The number of nitrogens with zero attached hydrogens (tertiary/aromatic N) is 1. The van der Waals surface area contributed by atoms with Gasteiger partial charge in [-0.15, -0.1) is 0 Å². The van der Waals surface area contributed by atoms with E-state index in [1.807, 2.05) is 38.1 Å². The van der Waals surface area contributed by atoms with Crippen molar-refractivity contribution < 1.29 is 9.59 Å². The van der Waals surface area contributed by atoms with E-state index in [4.69, 9.17) is 28.9 Å². The Morgan fingerprint density at radius 3 is 2.19 bits per heavy atom. The minimum atomic E-state index is -0.509. The van der Waals surface area contributed by atoms with Crippen LogP contribution in [0.5, 0.6) is 0 Å². The molecule has 1 atom stereocenters. The first-order valence-corrected chi connectivity index (χ1v) is 11.7. The summed E-state index contributed by atoms with van der Waals surface area (Å²) < 4.78 is 0. The Hall–Kier alpha value is -2.28. The molecule has 0 aliphatic carbocycles. The predicted molar refractivity (Wildman–Crippen MR) is 132 cm³/mol. The topological polar surface area (TPSA) is 87.5 Å². The molecule has 1 aliphatic rings. The highest BCUT2D eigenvalue weighted by Gasteiger charge is 2.25. The van der Waals surface area contributed by atoms with Crippen molar-refractivity contribution in [1.29, 1.82) is 0 Å². The fourth-order valence-corrected chi connectivity index (χ4v) is 4.40. The van der Waals surface area contributed by atoms with Crippen LogP contribution in [0.25, 0.3) is 0 Å². The SMILES string of the molecule is CC(C)CC(N)C(=O)Nc1ccc(C2CCN(C(=O)Nc3c(Cl)cccc3Cl)CC2)cc1. The van der Waals surface area contributed by atoms with Gasteiger partial charge in [0.2, 0.25) is 5.91 Å². The number of likely N-dealkylation sites (tertiary alicyclic amines) is 1. The molecule has 6 nitrogen and oxygen atoms in total. The second kappa shape index (κ2) is 11.0. The molecule has 4 N–H and O–H groups in total. The van der Waals surface area contributed by atoms with Crippen LogP contribution in [0.4, 0.5) is 16.2 Å². The van der Waals surface area contributed by atoms with E-state index >= 15 is 0 Å². The van der Waals surface area contributed by atoms with Gasteiger partial charge in [-0.05, 0) is 60.9 Å². The van der Waals surface area contributed by atoms with Crippen LogP contribution in [0, 0.1) is 5.92 Å². The number of carbonyl (C=O) groups is 2. The van der Waals surface area contributed by atoms with E-state index in [1.165, 1.54) is 5.56 Å². The van der Waals surface area contributed by atoms with Crippen molar-refractivity contribution in [2.24, 2.45) is 11.7 Å². The highest BCUT2D eigenvalue weighted by molar-refractivity contribution is 6.39. The molecule has 3 amide bonds. The van der Waals surface area contributed by atoms with Crippen LogP contribution < -0.4 is 16.4 Å². The molecule has 1 aliphatic heterocycles. The van der Waals surface area contributed by atoms with Crippen LogP contribution >= 0.6 is 23.2 Å². The van der Waals surface area contributed by atoms with Crippen LogP contribution in [0.1, 0.15) is 44.6 Å². The maximum atomic E-state index is 12.6. The van der Waals surface area contributed by atoms with Crippen LogP contribution in [-0.4, -0.2) is 36.0 Å². The number of hydrogen-bond acceptors (Lipinski definition) is 3. The molecule has 0 aromatic heterocycles. The molecule has 1 saturated heterocycles. The van der Waals surface area contributed by atoms with E-state index in [1.54, 1.807) is 23.1 Å². The van der Waals surface area contributed by atoms with Crippen molar-refractivity contribution >= 4 is 46.5 Å². The molecule has 32 heavy (non-hydrogen) atoms. The first-order chi connectivity index (χ1) is 15.2. The molecule has 2 aromatic carbocycles. The number of rotatable bonds is 6. The normalized spacial score (nSPS) is 15.5. The number of amides is 3. The number of carbonyl (C=O) groups excluding carboxylic acids is 2. The van der Waals surface area contributed by atoms with Gasteiger partial charge in [0.05, 0.1) is 21.8 Å². The van der Waals surface area contributed by atoms with Gasteiger partial charge in [0.15, 0.2) is 0 Å². The Balaban J connectivity index is 1.51. The largest absolute Gasteiger partial charge is 0.325 e. The summed E-state index contributed by atoms with van der Waals surface area (Å²) in [6, 6.07) is 12.3. The molecule has 1 unspecified atom stereocenters. The Labute approximate surface area is 199 Å². The van der Waals surface area contributed by atoms with Gasteiger partial charge >= 0.3 is 6.03 Å². The van der Waals surface area contributed by atoms with Crippen molar-refractivity contribution in [3.8, 4) is 0 Å². The number of nitrogens with one attached hydrogen (secondary N) is 2. The maximum absolute atomic E-state index is 12.6. The highest BCUT2D eigenvalue weighted by atomic mass is 35.5. The maximum Gasteiger partial charge on any atom is 0.321 e. The van der Waals surface area contributed by atoms with Crippen LogP contribution in [0.3, 0.4) is 0 Å². The molecular weight excluding hydrogens is 447 g/mol. The molecule has 3 rings (SSSR count). The Morgan fingerprint density at radius 1 is 1.03 bits per heavy atom. The number of hydrogen-bond donors (Lipinski definition) is 3. The van der Waals surface area contributed by atoms with E-state index in [-0.39, 0.29) is 11.9 Å². The quantitative estimate of drug-likeness (QED) is 0.498. The first-order valence-electron chi connectivity index (χ1n) is 10.9. The number of urea groups is 1. The summed E-state index contributed by atoms with van der Waals surface area (Å²) in [7, 11) is 0. The third-order valence-electron chi connectivity index (χ3n) is 5.69. The zero-order valence-electron chi connectivity index (χ0n) is 18.4. The summed E-state index contributed by atoms with van der Waals surface area (Å²) in [5.74, 6) is 0.563. The van der Waals surface area contributed by atoms with Crippen molar-refractivity contribution in [1.82, 2.24) is 4.90 Å². The zero-order chi connectivity index (χ0) is 23.3. The van der Waals surface area contributed by atoms with E-state index < -0.39 is 6.04 Å². The van der Waals surface area contributed by atoms with Crippen LogP contribution in [-0.2, 0) is 4.79 Å². The molecule has 0 saturated carbocycles.